The maximum absolute atomic E-state index is 13.3. The van der Waals surface area contributed by atoms with Gasteiger partial charge in [-0.25, -0.2) is 4.98 Å². The molecule has 3 aromatic rings. The molecule has 0 radical (unpaired) electrons. The fourth-order valence-corrected chi connectivity index (χ4v) is 6.42. The lowest BCUT2D eigenvalue weighted by Crippen LogP contribution is -2.46. The monoisotopic (exact) mass is 602 g/mol. The molecule has 1 aliphatic carbocycles. The number of carbonyl (C=O) groups is 1. The fourth-order valence-electron chi connectivity index (χ4n) is 5.73. The van der Waals surface area contributed by atoms with Crippen LogP contribution in [0.5, 0.6) is 11.6 Å². The fraction of sp³-hybridized carbons (Fsp3) is 0.419. The van der Waals surface area contributed by atoms with Crippen molar-refractivity contribution in [1.29, 1.82) is 0 Å². The number of aliphatic hydroxyl groups is 1. The Morgan fingerprint density at radius 2 is 1.80 bits per heavy atom. The first-order valence-corrected chi connectivity index (χ1v) is 14.7. The molecule has 2 aromatic carbocycles. The highest BCUT2D eigenvalue weighted by Gasteiger charge is 2.38. The molecular formula is C31H33Cl3N2O4. The Labute approximate surface area is 250 Å². The van der Waals surface area contributed by atoms with E-state index in [-0.39, 0.29) is 11.8 Å². The van der Waals surface area contributed by atoms with E-state index in [4.69, 9.17) is 49.3 Å². The zero-order valence-electron chi connectivity index (χ0n) is 22.8. The smallest absolute Gasteiger partial charge is 0.249 e. The van der Waals surface area contributed by atoms with Crippen LogP contribution < -0.4 is 14.8 Å². The van der Waals surface area contributed by atoms with E-state index < -0.39 is 17.7 Å². The number of nitrogens with one attached hydrogen (secondary N) is 1. The SMILES string of the molecule is COc1cc(-c2cc3c(nc2-c2ccc(Cl)cc2Cl)OC(C)(C)CC3NC(=O)C(O)C2CCCCC2)ccc1Cl. The number of ether oxygens (including phenoxy) is 2. The molecule has 1 saturated carbocycles. The van der Waals surface area contributed by atoms with Gasteiger partial charge in [-0.05, 0) is 74.6 Å². The third-order valence-electron chi connectivity index (χ3n) is 7.79. The number of aromatic nitrogens is 1. The predicted molar refractivity (Wildman–Crippen MR) is 159 cm³/mol. The second-order valence-corrected chi connectivity index (χ2v) is 12.5. The number of carbonyl (C=O) groups excluding carboxylic acids is 1. The first-order chi connectivity index (χ1) is 19.1. The molecule has 5 rings (SSSR count). The molecule has 2 N–H and O–H groups in total. The largest absolute Gasteiger partial charge is 0.495 e. The summed E-state index contributed by atoms with van der Waals surface area (Å²) in [6.45, 7) is 3.92. The predicted octanol–water partition coefficient (Wildman–Crippen LogP) is 8.04. The lowest BCUT2D eigenvalue weighted by Gasteiger charge is -2.38. The third-order valence-corrected chi connectivity index (χ3v) is 8.65. The zero-order valence-corrected chi connectivity index (χ0v) is 25.0. The quantitative estimate of drug-likeness (QED) is 0.298. The molecule has 2 aliphatic rings. The standard InChI is InChI=1S/C31H33Cl3N2O4/c1-31(2)16-25(35-29(38)28(37)17-7-5-4-6-8-17)22-15-21(18-9-12-23(33)26(13-18)39-3)27(36-30(22)40-31)20-11-10-19(32)14-24(20)34/h9-15,17,25,28,37H,4-8,16H2,1-3H3,(H,35,38). The van der Waals surface area contributed by atoms with Crippen molar-refractivity contribution in [2.24, 2.45) is 5.92 Å². The van der Waals surface area contributed by atoms with E-state index in [0.29, 0.717) is 44.4 Å². The second kappa shape index (κ2) is 11.8. The van der Waals surface area contributed by atoms with Gasteiger partial charge in [-0.2, -0.15) is 0 Å². The molecule has 9 heteroatoms. The van der Waals surface area contributed by atoms with Gasteiger partial charge < -0.3 is 19.9 Å². The molecule has 1 aromatic heterocycles. The minimum Gasteiger partial charge on any atom is -0.495 e. The van der Waals surface area contributed by atoms with Crippen LogP contribution in [0.25, 0.3) is 22.4 Å². The molecule has 6 nitrogen and oxygen atoms in total. The molecule has 2 atom stereocenters. The number of hydrogen-bond donors (Lipinski definition) is 2. The summed E-state index contributed by atoms with van der Waals surface area (Å²) in [6.07, 6.45) is 4.41. The molecule has 2 unspecified atom stereocenters. The van der Waals surface area contributed by atoms with Crippen LogP contribution in [0, 0.1) is 5.92 Å². The van der Waals surface area contributed by atoms with Gasteiger partial charge in [0.1, 0.15) is 17.5 Å². The normalized spacial score (nSPS) is 19.3. The Morgan fingerprint density at radius 1 is 1.05 bits per heavy atom. The third kappa shape index (κ3) is 6.06. The highest BCUT2D eigenvalue weighted by Crippen LogP contribution is 2.45. The van der Waals surface area contributed by atoms with Gasteiger partial charge in [0.25, 0.3) is 0 Å². The second-order valence-electron chi connectivity index (χ2n) is 11.2. The number of halogens is 3. The molecule has 1 aliphatic heterocycles. The summed E-state index contributed by atoms with van der Waals surface area (Å²) in [5.41, 5.74) is 2.94. The molecule has 1 fully saturated rings. The highest BCUT2D eigenvalue weighted by molar-refractivity contribution is 6.36. The number of rotatable bonds is 6. The summed E-state index contributed by atoms with van der Waals surface area (Å²) in [5, 5.41) is 15.5. The maximum Gasteiger partial charge on any atom is 0.249 e. The Morgan fingerprint density at radius 3 is 2.50 bits per heavy atom. The Bertz CT molecular complexity index is 1420. The van der Waals surface area contributed by atoms with Gasteiger partial charge in [0, 0.05) is 28.1 Å². The molecule has 1 amide bonds. The summed E-state index contributed by atoms with van der Waals surface area (Å²) in [7, 11) is 1.56. The number of methoxy groups -OCH3 is 1. The van der Waals surface area contributed by atoms with Crippen molar-refractivity contribution in [2.75, 3.05) is 7.11 Å². The van der Waals surface area contributed by atoms with E-state index in [1.54, 1.807) is 25.3 Å². The van der Waals surface area contributed by atoms with Crippen LogP contribution in [-0.2, 0) is 4.79 Å². The van der Waals surface area contributed by atoms with Crippen LogP contribution in [-0.4, -0.2) is 34.8 Å². The van der Waals surface area contributed by atoms with Gasteiger partial charge in [0.2, 0.25) is 11.8 Å². The van der Waals surface area contributed by atoms with E-state index in [1.807, 2.05) is 38.1 Å². The van der Waals surface area contributed by atoms with Crippen LogP contribution in [0.4, 0.5) is 0 Å². The summed E-state index contributed by atoms with van der Waals surface area (Å²) in [6, 6.07) is 12.3. The van der Waals surface area contributed by atoms with Crippen LogP contribution in [0.3, 0.4) is 0 Å². The lowest BCUT2D eigenvalue weighted by molar-refractivity contribution is -0.134. The summed E-state index contributed by atoms with van der Waals surface area (Å²) >= 11 is 19.2. The van der Waals surface area contributed by atoms with Crippen molar-refractivity contribution in [3.63, 3.8) is 0 Å². The number of nitrogens with zero attached hydrogens (tertiary/aromatic N) is 1. The topological polar surface area (TPSA) is 80.7 Å². The van der Waals surface area contributed by atoms with E-state index in [0.717, 1.165) is 48.8 Å². The number of aliphatic hydroxyl groups excluding tert-OH is 1. The maximum atomic E-state index is 13.3. The van der Waals surface area contributed by atoms with E-state index in [2.05, 4.69) is 5.32 Å². The molecule has 0 spiro atoms. The van der Waals surface area contributed by atoms with Crippen LogP contribution in [0.15, 0.2) is 42.5 Å². The van der Waals surface area contributed by atoms with Crippen molar-refractivity contribution in [3.8, 4) is 34.0 Å². The minimum absolute atomic E-state index is 0.0225. The van der Waals surface area contributed by atoms with Gasteiger partial charge in [0.05, 0.1) is 28.9 Å². The Balaban J connectivity index is 1.62. The first kappa shape index (κ1) is 29.0. The first-order valence-electron chi connectivity index (χ1n) is 13.6. The minimum atomic E-state index is -1.05. The van der Waals surface area contributed by atoms with Crippen molar-refractivity contribution >= 4 is 40.7 Å². The van der Waals surface area contributed by atoms with Crippen molar-refractivity contribution in [3.05, 3.63) is 63.1 Å². The van der Waals surface area contributed by atoms with Crippen molar-refractivity contribution in [2.45, 2.75) is 70.1 Å². The van der Waals surface area contributed by atoms with E-state index >= 15 is 0 Å². The van der Waals surface area contributed by atoms with Gasteiger partial charge >= 0.3 is 0 Å². The Hall–Kier alpha value is -2.51. The molecular weight excluding hydrogens is 571 g/mol. The van der Waals surface area contributed by atoms with Crippen LogP contribution >= 0.6 is 34.8 Å². The summed E-state index contributed by atoms with van der Waals surface area (Å²) < 4.78 is 11.8. The lowest BCUT2D eigenvalue weighted by atomic mass is 9.84. The van der Waals surface area contributed by atoms with Gasteiger partial charge in [-0.1, -0.05) is 60.1 Å². The Kier molecular flexibility index (Phi) is 8.53. The number of pyridine rings is 1. The number of benzene rings is 2. The number of fused-ring (bicyclic) bond motifs is 1. The van der Waals surface area contributed by atoms with Crippen LogP contribution in [0.1, 0.15) is 64.0 Å². The van der Waals surface area contributed by atoms with Crippen molar-refractivity contribution in [1.82, 2.24) is 10.3 Å². The van der Waals surface area contributed by atoms with Gasteiger partial charge in [-0.15, -0.1) is 0 Å². The van der Waals surface area contributed by atoms with E-state index in [9.17, 15) is 9.90 Å². The van der Waals surface area contributed by atoms with Gasteiger partial charge in [0.15, 0.2) is 0 Å². The average molecular weight is 604 g/mol. The molecule has 0 saturated heterocycles. The van der Waals surface area contributed by atoms with Gasteiger partial charge in [-0.3, -0.25) is 4.79 Å². The van der Waals surface area contributed by atoms with E-state index in [1.165, 1.54) is 0 Å². The van der Waals surface area contributed by atoms with Crippen molar-refractivity contribution < 1.29 is 19.4 Å². The summed E-state index contributed by atoms with van der Waals surface area (Å²) in [5.74, 6) is 0.535. The molecule has 212 valence electrons. The average Bonchev–Trinajstić information content (AvgIpc) is 2.92. The summed E-state index contributed by atoms with van der Waals surface area (Å²) in [4.78, 5) is 18.3. The molecule has 40 heavy (non-hydrogen) atoms. The number of amides is 1. The van der Waals surface area contributed by atoms with Crippen LogP contribution in [0.2, 0.25) is 15.1 Å². The molecule has 0 bridgehead atoms. The zero-order chi connectivity index (χ0) is 28.6. The molecule has 2 heterocycles. The number of hydrogen-bond acceptors (Lipinski definition) is 5. The highest BCUT2D eigenvalue weighted by atomic mass is 35.5.